The molecule has 4 nitrogen and oxygen atoms in total. The number of hydrogen-bond donors (Lipinski definition) is 1. The minimum Gasteiger partial charge on any atom is -0.456 e. The molecule has 0 spiro atoms. The number of esters is 1. The van der Waals surface area contributed by atoms with E-state index in [2.05, 4.69) is 5.32 Å². The first-order chi connectivity index (χ1) is 11.4. The Morgan fingerprint density at radius 1 is 1.25 bits per heavy atom. The van der Waals surface area contributed by atoms with Crippen molar-refractivity contribution in [1.29, 1.82) is 0 Å². The molecule has 2 aliphatic rings. The minimum absolute atomic E-state index is 0.302. The molecule has 3 atom stereocenters. The summed E-state index contributed by atoms with van der Waals surface area (Å²) in [6, 6.07) is 3.44. The third-order valence-corrected chi connectivity index (χ3v) is 6.03. The minimum atomic E-state index is -0.439. The lowest BCUT2D eigenvalue weighted by molar-refractivity contribution is -0.148. The number of halogens is 2. The lowest BCUT2D eigenvalue weighted by Crippen LogP contribution is -2.23. The van der Waals surface area contributed by atoms with Crippen molar-refractivity contribution in [2.75, 3.05) is 11.9 Å². The van der Waals surface area contributed by atoms with Crippen LogP contribution in [-0.2, 0) is 14.3 Å². The van der Waals surface area contributed by atoms with Gasteiger partial charge in [-0.05, 0) is 55.6 Å². The molecule has 3 rings (SSSR count). The summed E-state index contributed by atoms with van der Waals surface area (Å²) < 4.78 is 5.12. The molecule has 2 fully saturated rings. The van der Waals surface area contributed by atoms with Crippen LogP contribution in [0.15, 0.2) is 12.1 Å². The summed E-state index contributed by atoms with van der Waals surface area (Å²) in [5.74, 6) is 1.15. The van der Waals surface area contributed by atoms with E-state index in [9.17, 15) is 9.59 Å². The van der Waals surface area contributed by atoms with Crippen LogP contribution in [0.25, 0.3) is 0 Å². The van der Waals surface area contributed by atoms with Gasteiger partial charge in [0.25, 0.3) is 5.91 Å². The van der Waals surface area contributed by atoms with Crippen LogP contribution >= 0.6 is 23.2 Å². The molecular weight excluding hydrogens is 349 g/mol. The van der Waals surface area contributed by atoms with Crippen molar-refractivity contribution in [3.05, 3.63) is 27.7 Å². The SMILES string of the molecule is Cc1ccc(Cl)c(NC(=O)COC(=O)C[C@@H]2C[C@H]3CC[C@@H]2C3)c1Cl. The molecular formula is C18H21Cl2NO3. The Morgan fingerprint density at radius 2 is 2.04 bits per heavy atom. The molecule has 24 heavy (non-hydrogen) atoms. The number of carbonyl (C=O) groups excluding carboxylic acids is 2. The summed E-state index contributed by atoms with van der Waals surface area (Å²) >= 11 is 12.2. The largest absolute Gasteiger partial charge is 0.456 e. The summed E-state index contributed by atoms with van der Waals surface area (Å²) in [7, 11) is 0. The van der Waals surface area contributed by atoms with E-state index in [-0.39, 0.29) is 12.6 Å². The van der Waals surface area contributed by atoms with Crippen LogP contribution in [0, 0.1) is 24.7 Å². The molecule has 0 heterocycles. The van der Waals surface area contributed by atoms with Gasteiger partial charge in [-0.3, -0.25) is 9.59 Å². The lowest BCUT2D eigenvalue weighted by atomic mass is 9.86. The van der Waals surface area contributed by atoms with Gasteiger partial charge in [0.2, 0.25) is 0 Å². The van der Waals surface area contributed by atoms with Crippen molar-refractivity contribution in [3.63, 3.8) is 0 Å². The van der Waals surface area contributed by atoms with Crippen molar-refractivity contribution in [1.82, 2.24) is 0 Å². The quantitative estimate of drug-likeness (QED) is 0.770. The zero-order valence-corrected chi connectivity index (χ0v) is 15.1. The van der Waals surface area contributed by atoms with Gasteiger partial charge >= 0.3 is 5.97 Å². The van der Waals surface area contributed by atoms with Crippen LogP contribution in [0.3, 0.4) is 0 Å². The van der Waals surface area contributed by atoms with E-state index in [1.165, 1.54) is 19.3 Å². The van der Waals surface area contributed by atoms with E-state index in [0.717, 1.165) is 17.9 Å². The summed E-state index contributed by atoms with van der Waals surface area (Å²) in [4.78, 5) is 24.0. The van der Waals surface area contributed by atoms with Gasteiger partial charge < -0.3 is 10.1 Å². The van der Waals surface area contributed by atoms with Crippen molar-refractivity contribution in [2.24, 2.45) is 17.8 Å². The smallest absolute Gasteiger partial charge is 0.306 e. The summed E-state index contributed by atoms with van der Waals surface area (Å²) in [6.45, 7) is 1.50. The number of nitrogens with one attached hydrogen (secondary N) is 1. The fourth-order valence-electron chi connectivity index (χ4n) is 3.99. The number of hydrogen-bond acceptors (Lipinski definition) is 3. The lowest BCUT2D eigenvalue weighted by Gasteiger charge is -2.20. The van der Waals surface area contributed by atoms with Gasteiger partial charge in [-0.2, -0.15) is 0 Å². The second-order valence-electron chi connectivity index (χ2n) is 6.90. The molecule has 1 aromatic carbocycles. The highest BCUT2D eigenvalue weighted by Crippen LogP contribution is 2.49. The molecule has 1 N–H and O–H groups in total. The van der Waals surface area contributed by atoms with Crippen LogP contribution in [0.4, 0.5) is 5.69 Å². The van der Waals surface area contributed by atoms with Gasteiger partial charge in [0.05, 0.1) is 15.7 Å². The average molecular weight is 370 g/mol. The number of fused-ring (bicyclic) bond motifs is 2. The third-order valence-electron chi connectivity index (χ3n) is 5.23. The van der Waals surface area contributed by atoms with Crippen molar-refractivity contribution in [2.45, 2.75) is 39.0 Å². The number of anilines is 1. The normalized spacial score (nSPS) is 24.9. The zero-order valence-electron chi connectivity index (χ0n) is 13.6. The van der Waals surface area contributed by atoms with Crippen LogP contribution in [0.5, 0.6) is 0 Å². The number of rotatable bonds is 5. The van der Waals surface area contributed by atoms with E-state index in [4.69, 9.17) is 27.9 Å². The molecule has 1 aromatic rings. The fourth-order valence-corrected chi connectivity index (χ4v) is 4.46. The maximum Gasteiger partial charge on any atom is 0.306 e. The van der Waals surface area contributed by atoms with Crippen LogP contribution in [-0.4, -0.2) is 18.5 Å². The highest BCUT2D eigenvalue weighted by molar-refractivity contribution is 6.40. The molecule has 2 aliphatic carbocycles. The summed E-state index contributed by atoms with van der Waals surface area (Å²) in [5.41, 5.74) is 1.16. The van der Waals surface area contributed by atoms with Crippen molar-refractivity contribution < 1.29 is 14.3 Å². The highest BCUT2D eigenvalue weighted by atomic mass is 35.5. The molecule has 0 saturated heterocycles. The standard InChI is InChI=1S/C18H21Cl2NO3/c1-10-2-5-14(19)18(17(10)20)21-15(22)9-24-16(23)8-13-7-11-3-4-12(13)6-11/h2,5,11-13H,3-4,6-9H2,1H3,(H,21,22)/t11-,12+,13-/m0/s1. The van der Waals surface area contributed by atoms with E-state index in [1.54, 1.807) is 12.1 Å². The molecule has 0 aromatic heterocycles. The van der Waals surface area contributed by atoms with Gasteiger partial charge in [-0.15, -0.1) is 0 Å². The van der Waals surface area contributed by atoms with Crippen molar-refractivity contribution in [3.8, 4) is 0 Å². The van der Waals surface area contributed by atoms with Crippen LogP contribution in [0.1, 0.15) is 37.7 Å². The number of carbonyl (C=O) groups is 2. The molecule has 0 aliphatic heterocycles. The third kappa shape index (κ3) is 3.86. The van der Waals surface area contributed by atoms with E-state index >= 15 is 0 Å². The summed E-state index contributed by atoms with van der Waals surface area (Å²) in [6.07, 6.45) is 5.33. The van der Waals surface area contributed by atoms with Gasteiger partial charge in [0.15, 0.2) is 6.61 Å². The monoisotopic (exact) mass is 369 g/mol. The Labute approximate surface area is 151 Å². The molecule has 2 bridgehead atoms. The first-order valence-electron chi connectivity index (χ1n) is 8.34. The molecule has 1 amide bonds. The van der Waals surface area contributed by atoms with Gasteiger partial charge in [-0.1, -0.05) is 35.7 Å². The summed E-state index contributed by atoms with van der Waals surface area (Å²) in [5, 5.41) is 3.36. The number of aryl methyl sites for hydroxylation is 1. The first kappa shape index (κ1) is 17.6. The van der Waals surface area contributed by atoms with Crippen LogP contribution < -0.4 is 5.32 Å². The number of amides is 1. The average Bonchev–Trinajstić information content (AvgIpc) is 3.16. The molecule has 0 unspecified atom stereocenters. The van der Waals surface area contributed by atoms with Gasteiger partial charge in [-0.25, -0.2) is 0 Å². The predicted molar refractivity (Wildman–Crippen MR) is 94.3 cm³/mol. The first-order valence-corrected chi connectivity index (χ1v) is 9.09. The molecule has 130 valence electrons. The second kappa shape index (κ2) is 7.32. The number of ether oxygens (including phenoxy) is 1. The zero-order chi connectivity index (χ0) is 17.3. The van der Waals surface area contributed by atoms with E-state index in [1.807, 2.05) is 6.92 Å². The highest BCUT2D eigenvalue weighted by Gasteiger charge is 2.40. The predicted octanol–water partition coefficient (Wildman–Crippen LogP) is 4.61. The Hall–Kier alpha value is -1.26. The second-order valence-corrected chi connectivity index (χ2v) is 7.69. The number of benzene rings is 1. The maximum absolute atomic E-state index is 12.0. The van der Waals surface area contributed by atoms with Crippen LogP contribution in [0.2, 0.25) is 10.0 Å². The molecule has 0 radical (unpaired) electrons. The molecule has 2 saturated carbocycles. The topological polar surface area (TPSA) is 55.4 Å². The maximum atomic E-state index is 12.0. The van der Waals surface area contributed by atoms with Crippen molar-refractivity contribution >= 4 is 40.8 Å². The Bertz CT molecular complexity index is 662. The Morgan fingerprint density at radius 3 is 2.71 bits per heavy atom. The van der Waals surface area contributed by atoms with E-state index < -0.39 is 5.91 Å². The Kier molecular flexibility index (Phi) is 5.36. The van der Waals surface area contributed by atoms with E-state index in [0.29, 0.717) is 34.0 Å². The molecule has 6 heteroatoms. The fraction of sp³-hybridized carbons (Fsp3) is 0.556. The van der Waals surface area contributed by atoms with Gasteiger partial charge in [0.1, 0.15) is 0 Å². The Balaban J connectivity index is 1.47. The van der Waals surface area contributed by atoms with Gasteiger partial charge in [0, 0.05) is 6.42 Å².